The van der Waals surface area contributed by atoms with E-state index < -0.39 is 11.0 Å². The highest BCUT2D eigenvalue weighted by Gasteiger charge is 2.25. The molecule has 0 bridgehead atoms. The van der Waals surface area contributed by atoms with Crippen LogP contribution in [-0.4, -0.2) is 37.3 Å². The average Bonchev–Trinajstić information content (AvgIpc) is 3.26. The lowest BCUT2D eigenvalue weighted by Crippen LogP contribution is -2.32. The van der Waals surface area contributed by atoms with Crippen LogP contribution < -0.4 is 10.6 Å². The highest BCUT2D eigenvalue weighted by atomic mass is 35.5. The monoisotopic (exact) mass is 556 g/mol. The number of rotatable bonds is 12. The van der Waals surface area contributed by atoms with Gasteiger partial charge in [0.1, 0.15) is 0 Å². The van der Waals surface area contributed by atoms with E-state index in [0.29, 0.717) is 45.8 Å². The molecule has 2 amide bonds. The summed E-state index contributed by atoms with van der Waals surface area (Å²) in [5.74, 6) is 0.101. The molecule has 10 nitrogen and oxygen atoms in total. The van der Waals surface area contributed by atoms with Crippen LogP contribution in [0.15, 0.2) is 60.3 Å². The maximum Gasteiger partial charge on any atom is 0.271 e. The number of carbonyl (C=O) groups is 2. The van der Waals surface area contributed by atoms with Crippen LogP contribution >= 0.6 is 23.4 Å². The zero-order valence-electron chi connectivity index (χ0n) is 21.3. The van der Waals surface area contributed by atoms with Crippen LogP contribution in [0.2, 0.25) is 5.02 Å². The van der Waals surface area contributed by atoms with Gasteiger partial charge in [-0.15, -0.1) is 16.8 Å². The number of non-ortho nitro benzene ring substituents is 1. The Balaban J connectivity index is 1.79. The minimum atomic E-state index is -0.513. The number of thioether (sulfide) groups is 1. The first-order valence-electron chi connectivity index (χ1n) is 11.9. The molecule has 1 heterocycles. The van der Waals surface area contributed by atoms with Gasteiger partial charge in [-0.25, -0.2) is 0 Å². The van der Waals surface area contributed by atoms with E-state index in [9.17, 15) is 19.7 Å². The van der Waals surface area contributed by atoms with Crippen LogP contribution in [0.1, 0.15) is 48.1 Å². The molecule has 3 aromatic rings. The molecule has 1 aromatic heterocycles. The highest BCUT2D eigenvalue weighted by molar-refractivity contribution is 7.99. The molecule has 0 radical (unpaired) electrons. The van der Waals surface area contributed by atoms with Gasteiger partial charge in [-0.3, -0.25) is 19.7 Å². The Bertz CT molecular complexity index is 1340. The number of halogens is 1. The first-order chi connectivity index (χ1) is 18.1. The summed E-state index contributed by atoms with van der Waals surface area (Å²) in [6, 6.07) is 10.6. The van der Waals surface area contributed by atoms with Gasteiger partial charge in [0.25, 0.3) is 11.6 Å². The molecule has 2 aromatic carbocycles. The highest BCUT2D eigenvalue weighted by Crippen LogP contribution is 2.27. The van der Waals surface area contributed by atoms with E-state index in [1.54, 1.807) is 43.3 Å². The maximum absolute atomic E-state index is 13.0. The minimum absolute atomic E-state index is 0.00175. The Morgan fingerprint density at radius 1 is 1.24 bits per heavy atom. The number of nitrogens with zero attached hydrogens (tertiary/aromatic N) is 4. The van der Waals surface area contributed by atoms with Crippen LogP contribution in [-0.2, 0) is 11.3 Å². The number of benzene rings is 2. The van der Waals surface area contributed by atoms with E-state index in [4.69, 9.17) is 11.6 Å². The molecule has 0 fully saturated rings. The number of carbonyl (C=O) groups excluding carboxylic acids is 2. The summed E-state index contributed by atoms with van der Waals surface area (Å²) in [6.45, 7) is 10.0. The standard InChI is InChI=1S/C26H29ClN6O4S/c1-5-12-32-24(22(13-16(2)3)29-25(35)19-8-6-7-9-20(19)27)30-31-26(32)38-15-23(34)28-21-14-18(33(36)37)11-10-17(21)4/h5-11,14,16,22H,1,12-13,15H2,2-4H3,(H,28,34)(H,29,35)/t22-/m0/s1. The number of hydrogen-bond acceptors (Lipinski definition) is 7. The molecule has 0 aliphatic carbocycles. The van der Waals surface area contributed by atoms with Gasteiger partial charge >= 0.3 is 0 Å². The maximum atomic E-state index is 13.0. The van der Waals surface area contributed by atoms with Crippen molar-refractivity contribution in [1.82, 2.24) is 20.1 Å². The fourth-order valence-electron chi connectivity index (χ4n) is 3.72. The van der Waals surface area contributed by atoms with Crippen molar-refractivity contribution in [3.63, 3.8) is 0 Å². The number of aryl methyl sites for hydroxylation is 1. The summed E-state index contributed by atoms with van der Waals surface area (Å²) in [7, 11) is 0. The number of aromatic nitrogens is 3. The molecular formula is C26H29ClN6O4S. The molecular weight excluding hydrogens is 528 g/mol. The third-order valence-corrected chi connectivity index (χ3v) is 6.83. The van der Waals surface area contributed by atoms with Gasteiger partial charge in [0.15, 0.2) is 11.0 Å². The SMILES string of the molecule is C=CCn1c(SCC(=O)Nc2cc([N+](=O)[O-])ccc2C)nnc1[C@H](CC(C)C)NC(=O)c1ccccc1Cl. The number of nitro groups is 1. The number of allylic oxidation sites excluding steroid dienone is 1. The Morgan fingerprint density at radius 2 is 1.97 bits per heavy atom. The lowest BCUT2D eigenvalue weighted by molar-refractivity contribution is -0.384. The van der Waals surface area contributed by atoms with Gasteiger partial charge in [-0.1, -0.05) is 61.5 Å². The van der Waals surface area contributed by atoms with Crippen molar-refractivity contribution in [3.05, 3.63) is 87.2 Å². The van der Waals surface area contributed by atoms with Gasteiger partial charge in [0, 0.05) is 18.7 Å². The Kier molecular flexibility index (Phi) is 10.0. The second-order valence-electron chi connectivity index (χ2n) is 8.97. The van der Waals surface area contributed by atoms with Crippen LogP contribution in [0.25, 0.3) is 0 Å². The van der Waals surface area contributed by atoms with Gasteiger partial charge in [0.2, 0.25) is 5.91 Å². The minimum Gasteiger partial charge on any atom is -0.342 e. The fourth-order valence-corrected chi connectivity index (χ4v) is 4.70. The van der Waals surface area contributed by atoms with Crippen molar-refractivity contribution in [2.75, 3.05) is 11.1 Å². The number of nitrogens with one attached hydrogen (secondary N) is 2. The first-order valence-corrected chi connectivity index (χ1v) is 13.2. The van der Waals surface area contributed by atoms with E-state index in [1.807, 2.05) is 18.4 Å². The van der Waals surface area contributed by atoms with Crippen molar-refractivity contribution < 1.29 is 14.5 Å². The lowest BCUT2D eigenvalue weighted by atomic mass is 10.0. The molecule has 200 valence electrons. The van der Waals surface area contributed by atoms with Crippen LogP contribution in [0.4, 0.5) is 11.4 Å². The van der Waals surface area contributed by atoms with E-state index in [0.717, 1.165) is 0 Å². The zero-order valence-corrected chi connectivity index (χ0v) is 22.9. The Morgan fingerprint density at radius 3 is 2.63 bits per heavy atom. The summed E-state index contributed by atoms with van der Waals surface area (Å²) < 4.78 is 1.81. The van der Waals surface area contributed by atoms with Gasteiger partial charge in [-0.05, 0) is 37.0 Å². The quantitative estimate of drug-likeness (QED) is 0.129. The molecule has 0 saturated carbocycles. The molecule has 1 atom stereocenters. The van der Waals surface area contributed by atoms with Crippen molar-refractivity contribution in [2.24, 2.45) is 5.92 Å². The van der Waals surface area contributed by atoms with Crippen LogP contribution in [0, 0.1) is 23.0 Å². The molecule has 3 rings (SSSR count). The Labute approximate surface area is 230 Å². The summed E-state index contributed by atoms with van der Waals surface area (Å²) >= 11 is 7.39. The first kappa shape index (κ1) is 28.9. The molecule has 0 saturated heterocycles. The van der Waals surface area contributed by atoms with Crippen LogP contribution in [0.3, 0.4) is 0 Å². The van der Waals surface area contributed by atoms with Gasteiger partial charge < -0.3 is 15.2 Å². The van der Waals surface area contributed by atoms with Gasteiger partial charge in [-0.2, -0.15) is 0 Å². The average molecular weight is 557 g/mol. The molecule has 38 heavy (non-hydrogen) atoms. The van der Waals surface area contributed by atoms with Gasteiger partial charge in [0.05, 0.1) is 33.0 Å². The number of hydrogen-bond donors (Lipinski definition) is 2. The topological polar surface area (TPSA) is 132 Å². The van der Waals surface area contributed by atoms with Crippen molar-refractivity contribution in [3.8, 4) is 0 Å². The second kappa shape index (κ2) is 13.2. The predicted molar refractivity (Wildman–Crippen MR) is 149 cm³/mol. The molecule has 0 aliphatic heterocycles. The summed E-state index contributed by atoms with van der Waals surface area (Å²) in [5, 5.41) is 26.3. The molecule has 0 spiro atoms. The van der Waals surface area contributed by atoms with Crippen LogP contribution in [0.5, 0.6) is 0 Å². The molecule has 0 aliphatic rings. The third kappa shape index (κ3) is 7.42. The summed E-state index contributed by atoms with van der Waals surface area (Å²) in [5.41, 5.74) is 1.33. The normalized spacial score (nSPS) is 11.7. The van der Waals surface area contributed by atoms with Crippen molar-refractivity contribution in [1.29, 1.82) is 0 Å². The van der Waals surface area contributed by atoms with E-state index in [-0.39, 0.29) is 29.2 Å². The summed E-state index contributed by atoms with van der Waals surface area (Å²) in [6.07, 6.45) is 2.29. The van der Waals surface area contributed by atoms with Crippen molar-refractivity contribution >= 4 is 46.6 Å². The predicted octanol–water partition coefficient (Wildman–Crippen LogP) is 5.58. The number of anilines is 1. The summed E-state index contributed by atoms with van der Waals surface area (Å²) in [4.78, 5) is 36.2. The smallest absolute Gasteiger partial charge is 0.271 e. The lowest BCUT2D eigenvalue weighted by Gasteiger charge is -2.21. The second-order valence-corrected chi connectivity index (χ2v) is 10.3. The van der Waals surface area contributed by atoms with E-state index in [1.165, 1.54) is 23.9 Å². The Hall–Kier alpha value is -3.70. The fraction of sp³-hybridized carbons (Fsp3) is 0.308. The van der Waals surface area contributed by atoms with Crippen molar-refractivity contribution in [2.45, 2.75) is 44.9 Å². The molecule has 2 N–H and O–H groups in total. The van der Waals surface area contributed by atoms with E-state index >= 15 is 0 Å². The largest absolute Gasteiger partial charge is 0.342 e. The third-order valence-electron chi connectivity index (χ3n) is 5.54. The zero-order chi connectivity index (χ0) is 27.8. The number of nitro benzene ring substituents is 1. The number of amides is 2. The molecule has 0 unspecified atom stereocenters. The molecule has 12 heteroatoms. The van der Waals surface area contributed by atoms with E-state index in [2.05, 4.69) is 27.4 Å².